The van der Waals surface area contributed by atoms with Gasteiger partial charge in [-0.05, 0) is 35.4 Å². The summed E-state index contributed by atoms with van der Waals surface area (Å²) in [6, 6.07) is 21.8. The van der Waals surface area contributed by atoms with Crippen molar-refractivity contribution >= 4 is 5.96 Å². The number of nitrogens with zero attached hydrogens (tertiary/aromatic N) is 2. The van der Waals surface area contributed by atoms with Crippen molar-refractivity contribution in [2.24, 2.45) is 4.99 Å². The lowest BCUT2D eigenvalue weighted by molar-refractivity contribution is 0.284. The predicted octanol–water partition coefficient (Wildman–Crippen LogP) is 3.53. The molecule has 0 aliphatic carbocycles. The van der Waals surface area contributed by atoms with E-state index in [0.717, 1.165) is 22.6 Å². The lowest BCUT2D eigenvalue weighted by Gasteiger charge is -2.14. The third-order valence-corrected chi connectivity index (χ3v) is 4.31. The lowest BCUT2D eigenvalue weighted by Crippen LogP contribution is -2.36. The zero-order chi connectivity index (χ0) is 20.3. The fraction of sp³-hybridized carbons (Fsp3) is 0.217. The van der Waals surface area contributed by atoms with E-state index in [1.165, 1.54) is 0 Å². The Hall–Kier alpha value is -3.54. The molecule has 0 unspecified atom stereocenters. The molecule has 0 spiro atoms. The van der Waals surface area contributed by atoms with Crippen molar-refractivity contribution in [1.29, 1.82) is 0 Å². The largest absolute Gasteiger partial charge is 0.493 e. The molecule has 3 rings (SSSR count). The molecule has 0 bridgehead atoms. The number of hydrogen-bond acceptors (Lipinski definition) is 4. The van der Waals surface area contributed by atoms with E-state index in [0.29, 0.717) is 31.4 Å². The van der Waals surface area contributed by atoms with Crippen molar-refractivity contribution in [2.45, 2.75) is 19.7 Å². The zero-order valence-electron chi connectivity index (χ0n) is 16.8. The summed E-state index contributed by atoms with van der Waals surface area (Å²) in [5.74, 6) is 2.13. The molecule has 6 heteroatoms. The third kappa shape index (κ3) is 6.24. The smallest absolute Gasteiger partial charge is 0.191 e. The summed E-state index contributed by atoms with van der Waals surface area (Å²) in [6.07, 6.45) is 1.78. The highest BCUT2D eigenvalue weighted by Gasteiger charge is 2.07. The molecule has 0 aliphatic heterocycles. The van der Waals surface area contributed by atoms with E-state index in [4.69, 9.17) is 9.47 Å². The summed E-state index contributed by atoms with van der Waals surface area (Å²) in [5.41, 5.74) is 3.13. The number of rotatable bonds is 8. The van der Waals surface area contributed by atoms with E-state index < -0.39 is 0 Å². The van der Waals surface area contributed by atoms with Gasteiger partial charge >= 0.3 is 0 Å². The van der Waals surface area contributed by atoms with Crippen LogP contribution in [0, 0.1) is 0 Å². The Kier molecular flexibility index (Phi) is 7.46. The van der Waals surface area contributed by atoms with Crippen LogP contribution in [0.2, 0.25) is 0 Å². The summed E-state index contributed by atoms with van der Waals surface area (Å²) in [4.78, 5) is 8.55. The van der Waals surface area contributed by atoms with Crippen LogP contribution in [-0.4, -0.2) is 25.1 Å². The van der Waals surface area contributed by atoms with Crippen LogP contribution >= 0.6 is 0 Å². The standard InChI is InChI=1S/C23H26N4O2/c1-24-23(27-16-20-10-6-7-13-25-20)26-15-19-11-12-21(22(14-19)28-2)29-17-18-8-4-3-5-9-18/h3-14H,15-17H2,1-2H3,(H2,24,26,27). The summed E-state index contributed by atoms with van der Waals surface area (Å²) in [6.45, 7) is 1.71. The number of guanidine groups is 1. The summed E-state index contributed by atoms with van der Waals surface area (Å²) < 4.78 is 11.4. The van der Waals surface area contributed by atoms with Crippen LogP contribution in [0.25, 0.3) is 0 Å². The highest BCUT2D eigenvalue weighted by molar-refractivity contribution is 5.79. The molecule has 0 fully saturated rings. The first kappa shape index (κ1) is 20.2. The maximum absolute atomic E-state index is 5.91. The second kappa shape index (κ2) is 10.7. The minimum absolute atomic E-state index is 0.499. The number of nitrogens with one attached hydrogen (secondary N) is 2. The topological polar surface area (TPSA) is 67.8 Å². The first-order valence-electron chi connectivity index (χ1n) is 9.46. The number of pyridine rings is 1. The Morgan fingerprint density at radius 3 is 2.41 bits per heavy atom. The fourth-order valence-electron chi connectivity index (χ4n) is 2.76. The van der Waals surface area contributed by atoms with Crippen molar-refractivity contribution in [3.8, 4) is 11.5 Å². The number of ether oxygens (including phenoxy) is 2. The lowest BCUT2D eigenvalue weighted by atomic mass is 10.2. The monoisotopic (exact) mass is 390 g/mol. The van der Waals surface area contributed by atoms with Crippen molar-refractivity contribution < 1.29 is 9.47 Å². The van der Waals surface area contributed by atoms with Gasteiger partial charge in [-0.25, -0.2) is 0 Å². The molecule has 2 N–H and O–H groups in total. The van der Waals surface area contributed by atoms with Crippen LogP contribution in [0.1, 0.15) is 16.8 Å². The number of hydrogen-bond donors (Lipinski definition) is 2. The minimum atomic E-state index is 0.499. The summed E-state index contributed by atoms with van der Waals surface area (Å²) in [7, 11) is 3.39. The molecule has 1 aromatic heterocycles. The SMILES string of the molecule is CN=C(NCc1ccc(OCc2ccccc2)c(OC)c1)NCc1ccccn1. The fourth-order valence-corrected chi connectivity index (χ4v) is 2.76. The summed E-state index contributed by atoms with van der Waals surface area (Å²) >= 11 is 0. The van der Waals surface area contributed by atoms with Crippen LogP contribution in [0.3, 0.4) is 0 Å². The molecule has 0 amide bonds. The van der Waals surface area contributed by atoms with Crippen molar-refractivity contribution in [1.82, 2.24) is 15.6 Å². The van der Waals surface area contributed by atoms with Crippen LogP contribution in [0.5, 0.6) is 11.5 Å². The van der Waals surface area contributed by atoms with Gasteiger partial charge in [0.2, 0.25) is 0 Å². The molecular weight excluding hydrogens is 364 g/mol. The maximum Gasteiger partial charge on any atom is 0.191 e. The van der Waals surface area contributed by atoms with Crippen LogP contribution in [0.15, 0.2) is 77.9 Å². The molecule has 0 saturated carbocycles. The van der Waals surface area contributed by atoms with Gasteiger partial charge in [-0.15, -0.1) is 0 Å². The molecule has 2 aromatic carbocycles. The maximum atomic E-state index is 5.91. The first-order chi connectivity index (χ1) is 14.3. The first-order valence-corrected chi connectivity index (χ1v) is 9.46. The third-order valence-electron chi connectivity index (χ3n) is 4.31. The molecular formula is C23H26N4O2. The van der Waals surface area contributed by atoms with Gasteiger partial charge in [0.05, 0.1) is 19.3 Å². The van der Waals surface area contributed by atoms with Gasteiger partial charge in [0.25, 0.3) is 0 Å². The van der Waals surface area contributed by atoms with E-state index in [1.807, 2.05) is 66.7 Å². The van der Waals surface area contributed by atoms with Crippen LogP contribution < -0.4 is 20.1 Å². The molecule has 150 valence electrons. The second-order valence-electron chi connectivity index (χ2n) is 6.36. The van der Waals surface area contributed by atoms with Gasteiger partial charge in [-0.3, -0.25) is 9.98 Å². The van der Waals surface area contributed by atoms with Crippen LogP contribution in [0.4, 0.5) is 0 Å². The number of aliphatic imine (C=N–C) groups is 1. The quantitative estimate of drug-likeness (QED) is 0.455. The van der Waals surface area contributed by atoms with Crippen molar-refractivity contribution in [3.05, 3.63) is 89.7 Å². The molecule has 6 nitrogen and oxygen atoms in total. The minimum Gasteiger partial charge on any atom is -0.493 e. The van der Waals surface area contributed by atoms with Gasteiger partial charge in [0.1, 0.15) is 6.61 Å². The predicted molar refractivity (Wildman–Crippen MR) is 115 cm³/mol. The average Bonchev–Trinajstić information content (AvgIpc) is 2.79. The molecule has 1 heterocycles. The number of benzene rings is 2. The second-order valence-corrected chi connectivity index (χ2v) is 6.36. The molecule has 0 aliphatic rings. The van der Waals surface area contributed by atoms with Gasteiger partial charge in [-0.1, -0.05) is 42.5 Å². The van der Waals surface area contributed by atoms with E-state index in [1.54, 1.807) is 20.4 Å². The molecule has 0 saturated heterocycles. The van der Waals surface area contributed by atoms with Gasteiger partial charge in [0, 0.05) is 19.8 Å². The Balaban J connectivity index is 1.54. The highest BCUT2D eigenvalue weighted by atomic mass is 16.5. The highest BCUT2D eigenvalue weighted by Crippen LogP contribution is 2.28. The number of methoxy groups -OCH3 is 1. The van der Waals surface area contributed by atoms with Gasteiger partial charge < -0.3 is 20.1 Å². The van der Waals surface area contributed by atoms with Crippen molar-refractivity contribution in [2.75, 3.05) is 14.2 Å². The van der Waals surface area contributed by atoms with Crippen LogP contribution in [-0.2, 0) is 19.7 Å². The molecule has 0 atom stereocenters. The Bertz CT molecular complexity index is 915. The normalized spacial score (nSPS) is 11.0. The Morgan fingerprint density at radius 2 is 1.69 bits per heavy atom. The molecule has 29 heavy (non-hydrogen) atoms. The van der Waals surface area contributed by atoms with Gasteiger partial charge in [0.15, 0.2) is 17.5 Å². The van der Waals surface area contributed by atoms with Gasteiger partial charge in [-0.2, -0.15) is 0 Å². The Morgan fingerprint density at radius 1 is 0.897 bits per heavy atom. The van der Waals surface area contributed by atoms with Crippen molar-refractivity contribution in [3.63, 3.8) is 0 Å². The molecule has 0 radical (unpaired) electrons. The zero-order valence-corrected chi connectivity index (χ0v) is 16.8. The Labute approximate surface area is 171 Å². The van der Waals surface area contributed by atoms with E-state index in [9.17, 15) is 0 Å². The average molecular weight is 390 g/mol. The van der Waals surface area contributed by atoms with E-state index in [-0.39, 0.29) is 0 Å². The number of aromatic nitrogens is 1. The molecule has 3 aromatic rings. The van der Waals surface area contributed by atoms with E-state index in [2.05, 4.69) is 20.6 Å². The van der Waals surface area contributed by atoms with E-state index >= 15 is 0 Å². The summed E-state index contributed by atoms with van der Waals surface area (Å²) in [5, 5.41) is 6.55.